The molecular formula is C16H21NS. The van der Waals surface area contributed by atoms with Crippen LogP contribution < -0.4 is 0 Å². The average molecular weight is 259 g/mol. The zero-order chi connectivity index (χ0) is 12.9. The summed E-state index contributed by atoms with van der Waals surface area (Å²) < 4.78 is 0. The van der Waals surface area contributed by atoms with Crippen molar-refractivity contribution >= 4 is 17.5 Å². The zero-order valence-electron chi connectivity index (χ0n) is 11.5. The third-order valence-electron chi connectivity index (χ3n) is 3.68. The van der Waals surface area contributed by atoms with Gasteiger partial charge in [-0.15, -0.1) is 11.8 Å². The van der Waals surface area contributed by atoms with Gasteiger partial charge in [0.1, 0.15) is 0 Å². The minimum atomic E-state index is 0.153. The SMILES string of the molecule is C=C1c2ccc(SC3CC3)cc2CN1C(C)(C)C. The van der Waals surface area contributed by atoms with Gasteiger partial charge in [0.2, 0.25) is 0 Å². The van der Waals surface area contributed by atoms with Gasteiger partial charge in [0, 0.05) is 33.5 Å². The van der Waals surface area contributed by atoms with Gasteiger partial charge in [0.05, 0.1) is 0 Å². The molecule has 1 heterocycles. The van der Waals surface area contributed by atoms with E-state index in [2.05, 4.69) is 50.4 Å². The maximum Gasteiger partial charge on any atom is 0.0442 e. The average Bonchev–Trinajstić information content (AvgIpc) is 3.01. The van der Waals surface area contributed by atoms with Crippen molar-refractivity contribution in [2.45, 2.75) is 55.8 Å². The van der Waals surface area contributed by atoms with Crippen molar-refractivity contribution in [1.82, 2.24) is 4.90 Å². The van der Waals surface area contributed by atoms with Crippen LogP contribution in [0.1, 0.15) is 44.7 Å². The number of hydrogen-bond acceptors (Lipinski definition) is 2. The van der Waals surface area contributed by atoms with Crippen LogP contribution in [0.25, 0.3) is 5.70 Å². The molecule has 0 saturated heterocycles. The second-order valence-electron chi connectivity index (χ2n) is 6.34. The zero-order valence-corrected chi connectivity index (χ0v) is 12.3. The van der Waals surface area contributed by atoms with Crippen molar-refractivity contribution in [3.63, 3.8) is 0 Å². The number of thioether (sulfide) groups is 1. The van der Waals surface area contributed by atoms with E-state index < -0.39 is 0 Å². The lowest BCUT2D eigenvalue weighted by molar-refractivity contribution is 0.225. The van der Waals surface area contributed by atoms with Crippen LogP contribution in [-0.4, -0.2) is 15.7 Å². The predicted octanol–water partition coefficient (Wildman–Crippen LogP) is 4.53. The Hall–Kier alpha value is -0.890. The molecule has 0 radical (unpaired) electrons. The van der Waals surface area contributed by atoms with Gasteiger partial charge < -0.3 is 4.90 Å². The minimum Gasteiger partial charge on any atom is -0.362 e. The highest BCUT2D eigenvalue weighted by molar-refractivity contribution is 8.00. The van der Waals surface area contributed by atoms with E-state index in [1.807, 2.05) is 11.8 Å². The molecule has 1 nitrogen and oxygen atoms in total. The van der Waals surface area contributed by atoms with Gasteiger partial charge in [-0.05, 0) is 51.3 Å². The van der Waals surface area contributed by atoms with Gasteiger partial charge in [-0.2, -0.15) is 0 Å². The Labute approximate surface area is 114 Å². The second-order valence-corrected chi connectivity index (χ2v) is 7.71. The maximum absolute atomic E-state index is 4.27. The highest BCUT2D eigenvalue weighted by Crippen LogP contribution is 2.42. The Bertz CT molecular complexity index is 494. The molecule has 1 aliphatic heterocycles. The summed E-state index contributed by atoms with van der Waals surface area (Å²) in [6, 6.07) is 6.89. The number of rotatable bonds is 2. The first-order valence-corrected chi connectivity index (χ1v) is 7.59. The highest BCUT2D eigenvalue weighted by Gasteiger charge is 2.31. The molecule has 0 spiro atoms. The van der Waals surface area contributed by atoms with E-state index in [1.54, 1.807) is 0 Å². The summed E-state index contributed by atoms with van der Waals surface area (Å²) in [7, 11) is 0. The molecule has 96 valence electrons. The molecule has 0 atom stereocenters. The topological polar surface area (TPSA) is 3.24 Å². The molecule has 0 N–H and O–H groups in total. The van der Waals surface area contributed by atoms with Crippen molar-refractivity contribution in [3.8, 4) is 0 Å². The van der Waals surface area contributed by atoms with Crippen molar-refractivity contribution in [2.75, 3.05) is 0 Å². The van der Waals surface area contributed by atoms with Crippen LogP contribution in [0.3, 0.4) is 0 Å². The quantitative estimate of drug-likeness (QED) is 0.768. The third-order valence-corrected chi connectivity index (χ3v) is 5.01. The van der Waals surface area contributed by atoms with E-state index >= 15 is 0 Å². The van der Waals surface area contributed by atoms with E-state index in [0.717, 1.165) is 11.8 Å². The standard InChI is InChI=1S/C16H21NS/c1-11-15-8-7-14(18-13-5-6-13)9-12(15)10-17(11)16(2,3)4/h7-9,13H,1,5-6,10H2,2-4H3. The fourth-order valence-electron chi connectivity index (χ4n) is 2.49. The second kappa shape index (κ2) is 4.06. The Kier molecular flexibility index (Phi) is 2.74. The van der Waals surface area contributed by atoms with Crippen molar-refractivity contribution < 1.29 is 0 Å². The van der Waals surface area contributed by atoms with Gasteiger partial charge in [-0.25, -0.2) is 0 Å². The smallest absolute Gasteiger partial charge is 0.0442 e. The lowest BCUT2D eigenvalue weighted by Crippen LogP contribution is -2.35. The molecule has 0 amide bonds. The number of nitrogens with zero attached hydrogens (tertiary/aromatic N) is 1. The van der Waals surface area contributed by atoms with E-state index in [0.29, 0.717) is 0 Å². The summed E-state index contributed by atoms with van der Waals surface area (Å²) in [5.74, 6) is 0. The maximum atomic E-state index is 4.27. The van der Waals surface area contributed by atoms with Gasteiger partial charge >= 0.3 is 0 Å². The van der Waals surface area contributed by atoms with Crippen molar-refractivity contribution in [2.24, 2.45) is 0 Å². The molecule has 0 aromatic heterocycles. The molecule has 2 aliphatic rings. The highest BCUT2D eigenvalue weighted by atomic mass is 32.2. The van der Waals surface area contributed by atoms with Crippen LogP contribution in [0, 0.1) is 0 Å². The molecular weight excluding hydrogens is 238 g/mol. The van der Waals surface area contributed by atoms with E-state index in [1.165, 1.54) is 34.6 Å². The third kappa shape index (κ3) is 2.18. The minimum absolute atomic E-state index is 0.153. The number of hydrogen-bond donors (Lipinski definition) is 0. The summed E-state index contributed by atoms with van der Waals surface area (Å²) in [5.41, 5.74) is 4.12. The van der Waals surface area contributed by atoms with E-state index in [9.17, 15) is 0 Å². The Morgan fingerprint density at radius 3 is 2.61 bits per heavy atom. The predicted molar refractivity (Wildman–Crippen MR) is 79.7 cm³/mol. The van der Waals surface area contributed by atoms with E-state index in [-0.39, 0.29) is 5.54 Å². The molecule has 1 aliphatic carbocycles. The summed E-state index contributed by atoms with van der Waals surface area (Å²) in [5, 5.41) is 0.881. The van der Waals surface area contributed by atoms with Gasteiger partial charge in [0.25, 0.3) is 0 Å². The fraction of sp³-hybridized carbons (Fsp3) is 0.500. The van der Waals surface area contributed by atoms with Crippen LogP contribution in [0.15, 0.2) is 29.7 Å². The monoisotopic (exact) mass is 259 g/mol. The molecule has 2 heteroatoms. The van der Waals surface area contributed by atoms with Crippen LogP contribution in [0.5, 0.6) is 0 Å². The van der Waals surface area contributed by atoms with E-state index in [4.69, 9.17) is 0 Å². The molecule has 1 fully saturated rings. The van der Waals surface area contributed by atoms with Crippen LogP contribution in [0.2, 0.25) is 0 Å². The molecule has 1 aromatic rings. The molecule has 0 bridgehead atoms. The van der Waals surface area contributed by atoms with Crippen LogP contribution >= 0.6 is 11.8 Å². The largest absolute Gasteiger partial charge is 0.362 e. The first-order chi connectivity index (χ1) is 8.45. The van der Waals surface area contributed by atoms with Gasteiger partial charge in [-0.1, -0.05) is 12.6 Å². The first kappa shape index (κ1) is 12.2. The Morgan fingerprint density at radius 1 is 1.28 bits per heavy atom. The molecule has 0 unspecified atom stereocenters. The molecule has 18 heavy (non-hydrogen) atoms. The lowest BCUT2D eigenvalue weighted by atomic mass is 10.1. The molecule has 1 aromatic carbocycles. The number of benzene rings is 1. The Morgan fingerprint density at radius 2 is 2.00 bits per heavy atom. The van der Waals surface area contributed by atoms with Gasteiger partial charge in [-0.3, -0.25) is 0 Å². The normalized spacial score (nSPS) is 19.3. The lowest BCUT2D eigenvalue weighted by Gasteiger charge is -2.34. The summed E-state index contributed by atoms with van der Waals surface area (Å²) in [4.78, 5) is 3.84. The van der Waals surface area contributed by atoms with Crippen LogP contribution in [-0.2, 0) is 6.54 Å². The fourth-order valence-corrected chi connectivity index (χ4v) is 3.60. The molecule has 3 rings (SSSR count). The first-order valence-electron chi connectivity index (χ1n) is 6.71. The molecule has 1 saturated carbocycles. The van der Waals surface area contributed by atoms with Crippen LogP contribution in [0.4, 0.5) is 0 Å². The summed E-state index contributed by atoms with van der Waals surface area (Å²) in [6.45, 7) is 12.0. The van der Waals surface area contributed by atoms with Crippen molar-refractivity contribution in [1.29, 1.82) is 0 Å². The summed E-state index contributed by atoms with van der Waals surface area (Å²) >= 11 is 2.04. The Balaban J connectivity index is 1.87. The summed E-state index contributed by atoms with van der Waals surface area (Å²) in [6.07, 6.45) is 2.78. The van der Waals surface area contributed by atoms with Crippen molar-refractivity contribution in [3.05, 3.63) is 35.9 Å². The number of fused-ring (bicyclic) bond motifs is 1. The van der Waals surface area contributed by atoms with Gasteiger partial charge in [0.15, 0.2) is 0 Å².